The molecule has 0 saturated heterocycles. The van der Waals surface area contributed by atoms with E-state index >= 15 is 0 Å². The average molecular weight is 392 g/mol. The van der Waals surface area contributed by atoms with Gasteiger partial charge in [0.2, 0.25) is 11.3 Å². The monoisotopic (exact) mass is 392 g/mol. The van der Waals surface area contributed by atoms with Gasteiger partial charge in [-0.05, 0) is 48.4 Å². The van der Waals surface area contributed by atoms with Crippen molar-refractivity contribution in [3.8, 4) is 11.5 Å². The smallest absolute Gasteiger partial charge is 0.245 e. The Hall–Kier alpha value is -3.88. The van der Waals surface area contributed by atoms with Gasteiger partial charge < -0.3 is 20.1 Å². The molecule has 0 radical (unpaired) electrons. The summed E-state index contributed by atoms with van der Waals surface area (Å²) in [6, 6.07) is 15.2. The highest BCUT2D eigenvalue weighted by molar-refractivity contribution is 5.79. The Labute approximate surface area is 167 Å². The van der Waals surface area contributed by atoms with Gasteiger partial charge in [0.1, 0.15) is 11.5 Å². The second kappa shape index (κ2) is 8.42. The summed E-state index contributed by atoms with van der Waals surface area (Å²) < 4.78 is 15.9. The number of hydrogen-bond donors (Lipinski definition) is 2. The van der Waals surface area contributed by atoms with Crippen molar-refractivity contribution in [3.05, 3.63) is 48.5 Å². The Bertz CT molecular complexity index is 1030. The average Bonchev–Trinajstić information content (AvgIpc) is 3.17. The van der Waals surface area contributed by atoms with Gasteiger partial charge in [0, 0.05) is 23.5 Å². The molecule has 0 amide bonds. The lowest BCUT2D eigenvalue weighted by molar-refractivity contribution is 0.314. The predicted molar refractivity (Wildman–Crippen MR) is 109 cm³/mol. The number of nitrogens with one attached hydrogen (secondary N) is 2. The first kappa shape index (κ1) is 18.5. The van der Waals surface area contributed by atoms with Crippen LogP contribution in [0.4, 0.5) is 23.0 Å². The molecular weight excluding hydrogens is 372 g/mol. The number of benzene rings is 2. The van der Waals surface area contributed by atoms with Gasteiger partial charge >= 0.3 is 0 Å². The third kappa shape index (κ3) is 4.34. The highest BCUT2D eigenvalue weighted by Gasteiger charge is 2.14. The summed E-state index contributed by atoms with van der Waals surface area (Å²) in [6.07, 6.45) is 0. The largest absolute Gasteiger partial charge is 0.494 e. The first-order valence-electron chi connectivity index (χ1n) is 9.25. The molecule has 9 nitrogen and oxygen atoms in total. The molecule has 4 rings (SSSR count). The zero-order valence-electron chi connectivity index (χ0n) is 16.0. The minimum absolute atomic E-state index is 0.307. The van der Waals surface area contributed by atoms with E-state index in [-0.39, 0.29) is 0 Å². The van der Waals surface area contributed by atoms with Gasteiger partial charge in [0.05, 0.1) is 13.2 Å². The van der Waals surface area contributed by atoms with Gasteiger partial charge in [-0.15, -0.1) is 0 Å². The van der Waals surface area contributed by atoms with Crippen molar-refractivity contribution in [1.29, 1.82) is 0 Å². The quantitative estimate of drug-likeness (QED) is 0.454. The van der Waals surface area contributed by atoms with Gasteiger partial charge in [-0.3, -0.25) is 0 Å². The standard InChI is InChI=1S/C20H20N6O3/c1-3-27-15-9-5-7-13(11-15)21-17-18(24-20-19(23-17)25-29-26-20)22-14-8-6-10-16(12-14)28-4-2/h5-12H,3-4H2,1-2H3,(H,21,23,25)(H,22,24,26). The molecule has 9 heteroatoms. The van der Waals surface area contributed by atoms with Crippen LogP contribution in [0.15, 0.2) is 53.2 Å². The third-order valence-corrected chi connectivity index (χ3v) is 3.93. The number of fused-ring (bicyclic) bond motifs is 1. The van der Waals surface area contributed by atoms with Gasteiger partial charge in [-0.25, -0.2) is 14.6 Å². The lowest BCUT2D eigenvalue weighted by Crippen LogP contribution is -2.04. The summed E-state index contributed by atoms with van der Waals surface area (Å²) in [5.74, 6) is 2.47. The highest BCUT2D eigenvalue weighted by Crippen LogP contribution is 2.29. The highest BCUT2D eigenvalue weighted by atomic mass is 16.6. The van der Waals surface area contributed by atoms with E-state index < -0.39 is 0 Å². The second-order valence-electron chi connectivity index (χ2n) is 6.00. The first-order valence-corrected chi connectivity index (χ1v) is 9.25. The van der Waals surface area contributed by atoms with E-state index in [0.29, 0.717) is 36.1 Å². The summed E-state index contributed by atoms with van der Waals surface area (Å²) in [4.78, 5) is 8.97. The molecule has 2 heterocycles. The van der Waals surface area contributed by atoms with Crippen LogP contribution in [0.2, 0.25) is 0 Å². The molecule has 2 aromatic carbocycles. The van der Waals surface area contributed by atoms with Crippen molar-refractivity contribution in [1.82, 2.24) is 20.3 Å². The van der Waals surface area contributed by atoms with Gasteiger partial charge in [-0.2, -0.15) is 0 Å². The molecule has 4 aromatic rings. The molecule has 0 saturated carbocycles. The molecule has 0 unspecified atom stereocenters. The number of hydrogen-bond acceptors (Lipinski definition) is 9. The number of aromatic nitrogens is 4. The van der Waals surface area contributed by atoms with E-state index in [9.17, 15) is 0 Å². The lowest BCUT2D eigenvalue weighted by atomic mass is 10.3. The molecule has 0 fully saturated rings. The fraction of sp³-hybridized carbons (Fsp3) is 0.200. The maximum atomic E-state index is 5.56. The van der Waals surface area contributed by atoms with E-state index in [2.05, 4.69) is 30.9 Å². The van der Waals surface area contributed by atoms with Crippen LogP contribution in [-0.4, -0.2) is 33.5 Å². The topological polar surface area (TPSA) is 107 Å². The van der Waals surface area contributed by atoms with E-state index in [1.165, 1.54) is 0 Å². The summed E-state index contributed by atoms with van der Waals surface area (Å²) in [5.41, 5.74) is 2.21. The molecule has 0 aliphatic heterocycles. The predicted octanol–water partition coefficient (Wildman–Crippen LogP) is 4.30. The van der Waals surface area contributed by atoms with Crippen molar-refractivity contribution in [3.63, 3.8) is 0 Å². The van der Waals surface area contributed by atoms with E-state index in [1.807, 2.05) is 62.4 Å². The van der Waals surface area contributed by atoms with Crippen LogP contribution >= 0.6 is 0 Å². The number of anilines is 4. The van der Waals surface area contributed by atoms with Crippen molar-refractivity contribution in [2.24, 2.45) is 0 Å². The van der Waals surface area contributed by atoms with Crippen LogP contribution in [-0.2, 0) is 0 Å². The molecule has 2 aromatic heterocycles. The van der Waals surface area contributed by atoms with Gasteiger partial charge in [-0.1, -0.05) is 12.1 Å². The van der Waals surface area contributed by atoms with Crippen molar-refractivity contribution in [2.45, 2.75) is 13.8 Å². The number of rotatable bonds is 8. The molecule has 148 valence electrons. The zero-order valence-corrected chi connectivity index (χ0v) is 16.0. The zero-order chi connectivity index (χ0) is 20.1. The molecule has 0 spiro atoms. The van der Waals surface area contributed by atoms with Crippen LogP contribution < -0.4 is 20.1 Å². The van der Waals surface area contributed by atoms with Gasteiger partial charge in [0.25, 0.3) is 0 Å². The third-order valence-electron chi connectivity index (χ3n) is 3.93. The van der Waals surface area contributed by atoms with Crippen LogP contribution in [0.25, 0.3) is 11.3 Å². The van der Waals surface area contributed by atoms with E-state index in [1.54, 1.807) is 0 Å². The molecular formula is C20H20N6O3. The fourth-order valence-corrected chi connectivity index (χ4v) is 2.75. The molecule has 0 atom stereocenters. The molecule has 0 bridgehead atoms. The summed E-state index contributed by atoms with van der Waals surface area (Å²) in [7, 11) is 0. The normalized spacial score (nSPS) is 10.7. The minimum atomic E-state index is 0.307. The minimum Gasteiger partial charge on any atom is -0.494 e. The Morgan fingerprint density at radius 2 is 1.24 bits per heavy atom. The van der Waals surface area contributed by atoms with Crippen LogP contribution in [0.3, 0.4) is 0 Å². The Morgan fingerprint density at radius 3 is 1.69 bits per heavy atom. The van der Waals surface area contributed by atoms with Gasteiger partial charge in [0.15, 0.2) is 11.6 Å². The summed E-state index contributed by atoms with van der Waals surface area (Å²) in [5, 5.41) is 14.1. The van der Waals surface area contributed by atoms with Crippen LogP contribution in [0.1, 0.15) is 13.8 Å². The Balaban J connectivity index is 1.67. The summed E-state index contributed by atoms with van der Waals surface area (Å²) >= 11 is 0. The number of nitrogens with zero attached hydrogens (tertiary/aromatic N) is 4. The van der Waals surface area contributed by atoms with E-state index in [0.717, 1.165) is 22.9 Å². The Morgan fingerprint density at radius 1 is 0.759 bits per heavy atom. The van der Waals surface area contributed by atoms with Crippen molar-refractivity contribution >= 4 is 34.3 Å². The van der Waals surface area contributed by atoms with Crippen molar-refractivity contribution < 1.29 is 14.1 Å². The fourth-order valence-electron chi connectivity index (χ4n) is 2.75. The van der Waals surface area contributed by atoms with Crippen molar-refractivity contribution in [2.75, 3.05) is 23.8 Å². The van der Waals surface area contributed by atoms with E-state index in [4.69, 9.17) is 14.1 Å². The second-order valence-corrected chi connectivity index (χ2v) is 6.00. The summed E-state index contributed by atoms with van der Waals surface area (Å²) in [6.45, 7) is 5.05. The SMILES string of the molecule is CCOc1cccc(Nc2nc3nonc3nc2Nc2cccc(OCC)c2)c1. The Kier molecular flexibility index (Phi) is 5.37. The molecule has 2 N–H and O–H groups in total. The number of ether oxygens (including phenoxy) is 2. The lowest BCUT2D eigenvalue weighted by Gasteiger charge is -2.13. The molecule has 29 heavy (non-hydrogen) atoms. The maximum absolute atomic E-state index is 5.56. The molecule has 0 aliphatic carbocycles. The van der Waals surface area contributed by atoms with Crippen LogP contribution in [0.5, 0.6) is 11.5 Å². The molecule has 0 aliphatic rings. The maximum Gasteiger partial charge on any atom is 0.245 e. The van der Waals surface area contributed by atoms with Crippen LogP contribution in [0, 0.1) is 0 Å². The first-order chi connectivity index (χ1) is 14.2.